The number of fused-ring (bicyclic) bond motifs is 1. The highest BCUT2D eigenvalue weighted by Crippen LogP contribution is 2.25. The van der Waals surface area contributed by atoms with Gasteiger partial charge < -0.3 is 14.8 Å². The Morgan fingerprint density at radius 2 is 1.73 bits per heavy atom. The van der Waals surface area contributed by atoms with Gasteiger partial charge in [0.05, 0.1) is 16.8 Å². The van der Waals surface area contributed by atoms with E-state index in [2.05, 4.69) is 15.6 Å². The van der Waals surface area contributed by atoms with E-state index >= 15 is 0 Å². The largest absolute Gasteiger partial charge is 0.446 e. The van der Waals surface area contributed by atoms with Crippen LogP contribution in [-0.4, -0.2) is 42.0 Å². The van der Waals surface area contributed by atoms with Crippen LogP contribution >= 0.6 is 0 Å². The topological polar surface area (TPSA) is 89.5 Å². The number of carbonyl (C=O) groups is 2. The van der Waals surface area contributed by atoms with Crippen molar-refractivity contribution in [3.8, 4) is 11.3 Å². The lowest BCUT2D eigenvalue weighted by Crippen LogP contribution is -2.41. The van der Waals surface area contributed by atoms with Crippen molar-refractivity contribution in [3.05, 3.63) is 66.0 Å². The molecule has 0 bridgehead atoms. The van der Waals surface area contributed by atoms with Crippen molar-refractivity contribution in [2.24, 2.45) is 5.92 Å². The number of nitrogens with one attached hydrogen (secondary N) is 2. The van der Waals surface area contributed by atoms with Crippen molar-refractivity contribution < 1.29 is 23.5 Å². The van der Waals surface area contributed by atoms with Crippen LogP contribution in [0, 0.1) is 11.7 Å². The summed E-state index contributed by atoms with van der Waals surface area (Å²) in [5.41, 5.74) is 2.26. The average Bonchev–Trinajstić information content (AvgIpc) is 2.86. The van der Waals surface area contributed by atoms with E-state index < -0.39 is 11.6 Å². The summed E-state index contributed by atoms with van der Waals surface area (Å²) in [6.07, 6.45) is 3.41. The summed E-state index contributed by atoms with van der Waals surface area (Å²) in [6.45, 7) is 6.44. The van der Waals surface area contributed by atoms with Crippen LogP contribution in [0.4, 0.5) is 9.18 Å². The Hall–Kier alpha value is -3.52. The molecule has 2 N–H and O–H groups in total. The van der Waals surface area contributed by atoms with Crippen LogP contribution in [0.3, 0.4) is 0 Å². The zero-order valence-electron chi connectivity index (χ0n) is 21.6. The Kier molecular flexibility index (Phi) is 8.38. The minimum absolute atomic E-state index is 0.134. The summed E-state index contributed by atoms with van der Waals surface area (Å²) in [5.74, 6) is -0.220. The van der Waals surface area contributed by atoms with Crippen molar-refractivity contribution in [3.63, 3.8) is 0 Å². The van der Waals surface area contributed by atoms with Crippen LogP contribution in [0.15, 0.2) is 54.6 Å². The Labute approximate surface area is 216 Å². The molecule has 0 aliphatic heterocycles. The molecule has 7 nitrogen and oxygen atoms in total. The molecule has 1 amide bonds. The van der Waals surface area contributed by atoms with E-state index in [-0.39, 0.29) is 24.7 Å². The van der Waals surface area contributed by atoms with E-state index in [4.69, 9.17) is 9.47 Å². The second-order valence-corrected chi connectivity index (χ2v) is 10.5. The highest BCUT2D eigenvalue weighted by atomic mass is 19.1. The Balaban J connectivity index is 1.20. The van der Waals surface area contributed by atoms with Gasteiger partial charge >= 0.3 is 12.1 Å². The molecule has 4 rings (SSSR count). The Bertz CT molecular complexity index is 1230. The molecule has 37 heavy (non-hydrogen) atoms. The predicted octanol–water partition coefficient (Wildman–Crippen LogP) is 5.83. The number of pyridine rings is 1. The Morgan fingerprint density at radius 1 is 1.00 bits per heavy atom. The third-order valence-corrected chi connectivity index (χ3v) is 6.37. The van der Waals surface area contributed by atoms with Crippen LogP contribution in [-0.2, 0) is 9.47 Å². The molecule has 8 heteroatoms. The maximum Gasteiger partial charge on any atom is 0.407 e. The minimum atomic E-state index is -0.499. The number of halogens is 1. The summed E-state index contributed by atoms with van der Waals surface area (Å²) in [4.78, 5) is 29.1. The molecule has 1 saturated carbocycles. The highest BCUT2D eigenvalue weighted by Gasteiger charge is 2.24. The van der Waals surface area contributed by atoms with Gasteiger partial charge in [-0.3, -0.25) is 5.32 Å². The standard InChI is InChI=1S/C29H34FN3O4/c1-29(2,3)37-28(35)32-24-12-4-19(5-13-24)17-31-18-36-27(34)22-9-15-26-21(16-22)8-14-25(33-26)20-6-10-23(30)11-7-20/h6-11,14-16,19,24,31H,4-5,12-13,17-18H2,1-3H3,(H,32,35). The number of rotatable bonds is 7. The van der Waals surface area contributed by atoms with Crippen LogP contribution in [0.2, 0.25) is 0 Å². The van der Waals surface area contributed by atoms with Crippen molar-refractivity contribution in [1.29, 1.82) is 0 Å². The van der Waals surface area contributed by atoms with Gasteiger partial charge in [-0.2, -0.15) is 0 Å². The van der Waals surface area contributed by atoms with Crippen molar-refractivity contribution in [2.45, 2.75) is 58.1 Å². The van der Waals surface area contributed by atoms with Crippen molar-refractivity contribution in [2.75, 3.05) is 13.3 Å². The first-order valence-electron chi connectivity index (χ1n) is 12.7. The first-order chi connectivity index (χ1) is 17.7. The van der Waals surface area contributed by atoms with E-state index in [9.17, 15) is 14.0 Å². The molecule has 1 aliphatic carbocycles. The molecule has 0 unspecified atom stereocenters. The number of hydrogen-bond acceptors (Lipinski definition) is 6. The Morgan fingerprint density at radius 3 is 2.43 bits per heavy atom. The minimum Gasteiger partial charge on any atom is -0.446 e. The van der Waals surface area contributed by atoms with Gasteiger partial charge in [0.25, 0.3) is 0 Å². The van der Waals surface area contributed by atoms with Gasteiger partial charge in [0.1, 0.15) is 18.1 Å². The molecule has 1 fully saturated rings. The molecule has 3 aromatic rings. The van der Waals surface area contributed by atoms with Gasteiger partial charge in [-0.15, -0.1) is 0 Å². The zero-order valence-corrected chi connectivity index (χ0v) is 21.6. The smallest absolute Gasteiger partial charge is 0.407 e. The number of aromatic nitrogens is 1. The number of esters is 1. The molecule has 1 heterocycles. The summed E-state index contributed by atoms with van der Waals surface area (Å²) in [6, 6.07) is 15.3. The van der Waals surface area contributed by atoms with Crippen molar-refractivity contribution in [1.82, 2.24) is 15.6 Å². The third-order valence-electron chi connectivity index (χ3n) is 6.37. The van der Waals surface area contributed by atoms with E-state index in [1.807, 2.05) is 32.9 Å². The maximum atomic E-state index is 13.2. The first kappa shape index (κ1) is 26.5. The average molecular weight is 508 g/mol. The quantitative estimate of drug-likeness (QED) is 0.238. The van der Waals surface area contributed by atoms with Crippen LogP contribution in [0.5, 0.6) is 0 Å². The molecule has 1 aromatic heterocycles. The number of benzene rings is 2. The molecule has 0 spiro atoms. The van der Waals surface area contributed by atoms with Crippen LogP contribution < -0.4 is 10.6 Å². The van der Waals surface area contributed by atoms with E-state index in [0.29, 0.717) is 11.5 Å². The lowest BCUT2D eigenvalue weighted by Gasteiger charge is -2.30. The van der Waals surface area contributed by atoms with Gasteiger partial charge in [-0.1, -0.05) is 6.07 Å². The summed E-state index contributed by atoms with van der Waals surface area (Å²) >= 11 is 0. The molecular formula is C29H34FN3O4. The number of nitrogens with zero attached hydrogens (tertiary/aromatic N) is 1. The van der Waals surface area contributed by atoms with E-state index in [1.165, 1.54) is 12.1 Å². The summed E-state index contributed by atoms with van der Waals surface area (Å²) in [5, 5.41) is 6.99. The molecule has 196 valence electrons. The van der Waals surface area contributed by atoms with Gasteiger partial charge in [-0.25, -0.2) is 19.0 Å². The number of hydrogen-bond donors (Lipinski definition) is 2. The lowest BCUT2D eigenvalue weighted by molar-refractivity contribution is 0.0463. The molecular weight excluding hydrogens is 473 g/mol. The van der Waals surface area contributed by atoms with Crippen LogP contribution in [0.1, 0.15) is 56.8 Å². The van der Waals surface area contributed by atoms with Gasteiger partial charge in [-0.05, 0) is 101 Å². The van der Waals surface area contributed by atoms with Gasteiger partial charge in [0.15, 0.2) is 0 Å². The monoisotopic (exact) mass is 507 g/mol. The third kappa shape index (κ3) is 7.73. The maximum absolute atomic E-state index is 13.2. The van der Waals surface area contributed by atoms with Crippen LogP contribution in [0.25, 0.3) is 22.2 Å². The molecule has 0 radical (unpaired) electrons. The number of amides is 1. The summed E-state index contributed by atoms with van der Waals surface area (Å²) < 4.78 is 23.9. The number of ether oxygens (including phenoxy) is 2. The molecule has 2 aromatic carbocycles. The van der Waals surface area contributed by atoms with E-state index in [1.54, 1.807) is 30.3 Å². The highest BCUT2D eigenvalue weighted by molar-refractivity contribution is 5.94. The van der Waals surface area contributed by atoms with Gasteiger partial charge in [0, 0.05) is 23.5 Å². The predicted molar refractivity (Wildman–Crippen MR) is 141 cm³/mol. The van der Waals surface area contributed by atoms with E-state index in [0.717, 1.165) is 54.4 Å². The number of alkyl carbamates (subject to hydrolysis) is 1. The fourth-order valence-electron chi connectivity index (χ4n) is 4.48. The molecule has 0 saturated heterocycles. The second-order valence-electron chi connectivity index (χ2n) is 10.5. The lowest BCUT2D eigenvalue weighted by atomic mass is 9.86. The SMILES string of the molecule is CC(C)(C)OC(=O)NC1CCC(CNCOC(=O)c2ccc3nc(-c4ccc(F)cc4)ccc3c2)CC1. The van der Waals surface area contributed by atoms with Gasteiger partial charge in [0.2, 0.25) is 0 Å². The number of carbonyl (C=O) groups excluding carboxylic acids is 2. The molecule has 1 aliphatic rings. The molecule has 0 atom stereocenters. The fraction of sp³-hybridized carbons (Fsp3) is 0.414. The second kappa shape index (κ2) is 11.7. The fourth-order valence-corrected chi connectivity index (χ4v) is 4.48. The van der Waals surface area contributed by atoms with Crippen molar-refractivity contribution >= 4 is 23.0 Å². The summed E-state index contributed by atoms with van der Waals surface area (Å²) in [7, 11) is 0. The first-order valence-corrected chi connectivity index (χ1v) is 12.7. The zero-order chi connectivity index (χ0) is 26.4. The normalized spacial score (nSPS) is 17.8.